The number of nitrogens with zero attached hydrogens (tertiary/aromatic N) is 2. The zero-order valence-corrected chi connectivity index (χ0v) is 24.5. The Labute approximate surface area is 247 Å². The molecule has 4 aromatic rings. The molecule has 2 aliphatic rings. The minimum atomic E-state index is -2.11. The predicted octanol–water partition coefficient (Wildman–Crippen LogP) is 8.99. The maximum Gasteiger partial charge on any atom is 0.149 e. The second kappa shape index (κ2) is 11.7. The first-order valence-corrected chi connectivity index (χ1v) is 16.7. The van der Waals surface area contributed by atoms with E-state index in [1.165, 1.54) is 0 Å². The molecular weight excluding hydrogens is 529 g/mol. The lowest BCUT2D eigenvalue weighted by Crippen LogP contribution is -2.30. The standard InChI is InChI=1S/C37H32N4Si/c1-4-19-42(20-5-2,21-6-3)22-18-34-35-25-32-16-14-30(39-32)23-28-12-13-29(38-28)24-31-15-17-33(40-31)26-36(41-35)37(34)27-10-8-7-9-11-27/h4-17,23-26,38,40H,1-3,19-21H2. The van der Waals surface area contributed by atoms with Crippen LogP contribution < -0.4 is 0 Å². The minimum Gasteiger partial charge on any atom is -0.355 e. The number of nitrogens with one attached hydrogen (secondary N) is 2. The smallest absolute Gasteiger partial charge is 0.149 e. The molecule has 0 radical (unpaired) electrons. The van der Waals surface area contributed by atoms with Gasteiger partial charge in [-0.15, -0.1) is 25.3 Å². The van der Waals surface area contributed by atoms with Crippen molar-refractivity contribution in [1.82, 2.24) is 19.9 Å². The first-order chi connectivity index (χ1) is 20.6. The van der Waals surface area contributed by atoms with E-state index in [2.05, 4.69) is 102 Å². The number of hydrogen-bond acceptors (Lipinski definition) is 2. The summed E-state index contributed by atoms with van der Waals surface area (Å²) in [5.41, 5.74) is 14.1. The van der Waals surface area contributed by atoms with Crippen LogP contribution in [0.4, 0.5) is 0 Å². The van der Waals surface area contributed by atoms with E-state index in [0.29, 0.717) is 0 Å². The van der Waals surface area contributed by atoms with Gasteiger partial charge in [-0.05, 0) is 84.4 Å². The first-order valence-electron chi connectivity index (χ1n) is 14.1. The molecule has 2 aliphatic heterocycles. The minimum absolute atomic E-state index is 0.809. The third-order valence-corrected chi connectivity index (χ3v) is 11.3. The molecule has 0 saturated heterocycles. The average Bonchev–Trinajstić information content (AvgIpc) is 3.78. The summed E-state index contributed by atoms with van der Waals surface area (Å²) in [7, 11) is -2.11. The van der Waals surface area contributed by atoms with Crippen molar-refractivity contribution in [3.05, 3.63) is 145 Å². The van der Waals surface area contributed by atoms with Crippen molar-refractivity contribution >= 4 is 53.4 Å². The fourth-order valence-electron chi connectivity index (χ4n) is 5.52. The molecule has 0 saturated carbocycles. The highest BCUT2D eigenvalue weighted by molar-refractivity contribution is 6.88. The SMILES string of the molecule is C=CC[Si](C#CC1=C(c2ccccc2)c2cc3ccc(cc4ccc(cc5nc(cc1n2)C=C5)[nH]4)[nH]3)(CC=C)CC=C. The van der Waals surface area contributed by atoms with E-state index < -0.39 is 8.07 Å². The number of H-pyrrole nitrogens is 2. The Balaban J connectivity index is 1.67. The van der Waals surface area contributed by atoms with Crippen LogP contribution in [0, 0.1) is 11.5 Å². The van der Waals surface area contributed by atoms with E-state index in [4.69, 9.17) is 9.97 Å². The van der Waals surface area contributed by atoms with Gasteiger partial charge in [0.05, 0.1) is 28.3 Å². The van der Waals surface area contributed by atoms with Crippen LogP contribution >= 0.6 is 0 Å². The molecule has 42 heavy (non-hydrogen) atoms. The quantitative estimate of drug-likeness (QED) is 0.119. The third-order valence-electron chi connectivity index (χ3n) is 7.46. The number of allylic oxidation sites excluding steroid dienone is 4. The number of aromatic nitrogens is 4. The van der Waals surface area contributed by atoms with Gasteiger partial charge >= 0.3 is 0 Å². The Morgan fingerprint density at radius 1 is 0.643 bits per heavy atom. The van der Waals surface area contributed by atoms with Gasteiger partial charge in [-0.3, -0.25) is 0 Å². The van der Waals surface area contributed by atoms with Crippen LogP contribution in [0.25, 0.3) is 45.4 Å². The van der Waals surface area contributed by atoms with Gasteiger partial charge < -0.3 is 9.97 Å². The fourth-order valence-corrected chi connectivity index (χ4v) is 8.38. The predicted molar refractivity (Wildman–Crippen MR) is 181 cm³/mol. The molecule has 0 spiro atoms. The zero-order chi connectivity index (χ0) is 28.9. The highest BCUT2D eigenvalue weighted by Crippen LogP contribution is 2.36. The normalized spacial score (nSPS) is 12.5. The van der Waals surface area contributed by atoms with Gasteiger partial charge in [-0.25, -0.2) is 9.97 Å². The molecule has 0 atom stereocenters. The maximum absolute atomic E-state index is 5.19. The van der Waals surface area contributed by atoms with Gasteiger partial charge in [0.15, 0.2) is 0 Å². The van der Waals surface area contributed by atoms with Gasteiger partial charge in [0.25, 0.3) is 0 Å². The number of rotatable bonds is 7. The van der Waals surface area contributed by atoms with Crippen molar-refractivity contribution in [3.8, 4) is 11.5 Å². The van der Waals surface area contributed by atoms with Gasteiger partial charge in [-0.2, -0.15) is 0 Å². The summed E-state index contributed by atoms with van der Waals surface area (Å²) in [6.07, 6.45) is 10.0. The number of aromatic amines is 2. The Morgan fingerprint density at radius 3 is 1.83 bits per heavy atom. The Hall–Kier alpha value is -5.18. The molecular formula is C37H32N4Si. The summed E-state index contributed by atoms with van der Waals surface area (Å²) in [5.74, 6) is 3.66. The molecule has 5 heteroatoms. The summed E-state index contributed by atoms with van der Waals surface area (Å²) in [5, 5.41) is 0. The van der Waals surface area contributed by atoms with Gasteiger partial charge in [-0.1, -0.05) is 54.5 Å². The Kier molecular flexibility index (Phi) is 7.55. The topological polar surface area (TPSA) is 57.4 Å². The molecule has 0 amide bonds. The summed E-state index contributed by atoms with van der Waals surface area (Å²) >= 11 is 0. The Bertz CT molecular complexity index is 1950. The van der Waals surface area contributed by atoms with Crippen molar-refractivity contribution in [2.45, 2.75) is 18.1 Å². The first kappa shape index (κ1) is 27.0. The number of fused-ring (bicyclic) bond motifs is 8. The summed E-state index contributed by atoms with van der Waals surface area (Å²) in [6.45, 7) is 12.1. The second-order valence-corrected chi connectivity index (χ2v) is 14.7. The summed E-state index contributed by atoms with van der Waals surface area (Å²) in [6, 6.07) is 29.6. The van der Waals surface area contributed by atoms with E-state index in [9.17, 15) is 0 Å². The van der Waals surface area contributed by atoms with E-state index in [0.717, 1.165) is 79.7 Å². The number of benzene rings is 1. The van der Waals surface area contributed by atoms with Crippen LogP contribution in [0.1, 0.15) is 28.3 Å². The van der Waals surface area contributed by atoms with Gasteiger partial charge in [0, 0.05) is 27.6 Å². The van der Waals surface area contributed by atoms with E-state index in [-0.39, 0.29) is 0 Å². The molecule has 0 aliphatic carbocycles. The number of hydrogen-bond donors (Lipinski definition) is 2. The summed E-state index contributed by atoms with van der Waals surface area (Å²) < 4.78 is 0. The molecule has 204 valence electrons. The monoisotopic (exact) mass is 560 g/mol. The molecule has 5 heterocycles. The van der Waals surface area contributed by atoms with Crippen LogP contribution in [0.2, 0.25) is 18.1 Å². The molecule has 8 bridgehead atoms. The van der Waals surface area contributed by atoms with E-state index in [1.54, 1.807) is 0 Å². The van der Waals surface area contributed by atoms with Crippen molar-refractivity contribution in [2.75, 3.05) is 0 Å². The molecule has 3 aromatic heterocycles. The molecule has 4 nitrogen and oxygen atoms in total. The zero-order valence-electron chi connectivity index (χ0n) is 23.5. The average molecular weight is 561 g/mol. The molecule has 0 unspecified atom stereocenters. The molecule has 2 N–H and O–H groups in total. The van der Waals surface area contributed by atoms with Crippen molar-refractivity contribution in [1.29, 1.82) is 0 Å². The van der Waals surface area contributed by atoms with E-state index in [1.807, 2.05) is 48.6 Å². The largest absolute Gasteiger partial charge is 0.355 e. The lowest BCUT2D eigenvalue weighted by atomic mass is 9.97. The van der Waals surface area contributed by atoms with Crippen molar-refractivity contribution in [3.63, 3.8) is 0 Å². The molecule has 1 aromatic carbocycles. The highest BCUT2D eigenvalue weighted by atomic mass is 28.3. The van der Waals surface area contributed by atoms with Gasteiger partial charge in [0.2, 0.25) is 0 Å². The summed E-state index contributed by atoms with van der Waals surface area (Å²) in [4.78, 5) is 17.1. The molecule has 0 fully saturated rings. The molecule has 6 rings (SSSR count). The van der Waals surface area contributed by atoms with Gasteiger partial charge in [0.1, 0.15) is 8.07 Å². The van der Waals surface area contributed by atoms with Crippen LogP contribution in [0.5, 0.6) is 0 Å². The lowest BCUT2D eigenvalue weighted by Gasteiger charge is -2.21. The van der Waals surface area contributed by atoms with Crippen molar-refractivity contribution in [2.24, 2.45) is 0 Å². The highest BCUT2D eigenvalue weighted by Gasteiger charge is 2.28. The maximum atomic E-state index is 5.19. The van der Waals surface area contributed by atoms with Crippen molar-refractivity contribution < 1.29 is 0 Å². The lowest BCUT2D eigenvalue weighted by molar-refractivity contribution is 1.27. The van der Waals surface area contributed by atoms with Crippen LogP contribution in [0.15, 0.2) is 117 Å². The fraction of sp³-hybridized carbons (Fsp3) is 0.0811. The second-order valence-electron chi connectivity index (χ2n) is 10.6. The Morgan fingerprint density at radius 2 is 1.21 bits per heavy atom. The third kappa shape index (κ3) is 5.67. The van der Waals surface area contributed by atoms with E-state index >= 15 is 0 Å². The van der Waals surface area contributed by atoms with Crippen LogP contribution in [-0.2, 0) is 0 Å². The van der Waals surface area contributed by atoms with Crippen LogP contribution in [-0.4, -0.2) is 28.0 Å². The van der Waals surface area contributed by atoms with Crippen LogP contribution in [0.3, 0.4) is 0 Å².